The lowest BCUT2D eigenvalue weighted by atomic mass is 10.3. The summed E-state index contributed by atoms with van der Waals surface area (Å²) >= 11 is 6.00. The predicted molar refractivity (Wildman–Crippen MR) is 70.8 cm³/mol. The number of hydrogen-bond donors (Lipinski definition) is 2. The van der Waals surface area contributed by atoms with Gasteiger partial charge in [0.2, 0.25) is 5.95 Å². The molecule has 0 amide bonds. The van der Waals surface area contributed by atoms with Gasteiger partial charge in [-0.2, -0.15) is 4.98 Å². The van der Waals surface area contributed by atoms with Crippen LogP contribution in [0.5, 0.6) is 0 Å². The second kappa shape index (κ2) is 8.08. The van der Waals surface area contributed by atoms with Crippen molar-refractivity contribution < 1.29 is 4.74 Å². The fourth-order valence-electron chi connectivity index (χ4n) is 1.31. The van der Waals surface area contributed by atoms with E-state index in [0.717, 1.165) is 32.5 Å². The number of ether oxygens (including phenoxy) is 1. The third-order valence-electron chi connectivity index (χ3n) is 2.15. The molecule has 0 saturated heterocycles. The van der Waals surface area contributed by atoms with Gasteiger partial charge in [0.15, 0.2) is 0 Å². The Kier molecular flexibility index (Phi) is 6.65. The molecule has 1 heterocycles. The Morgan fingerprint density at radius 1 is 1.35 bits per heavy atom. The summed E-state index contributed by atoms with van der Waals surface area (Å²) in [5, 5.41) is 6.78. The van der Waals surface area contributed by atoms with E-state index in [4.69, 9.17) is 16.3 Å². The average molecular weight is 259 g/mol. The van der Waals surface area contributed by atoms with Gasteiger partial charge >= 0.3 is 0 Å². The van der Waals surface area contributed by atoms with Gasteiger partial charge in [-0.05, 0) is 19.8 Å². The van der Waals surface area contributed by atoms with Crippen LogP contribution in [0.1, 0.15) is 19.8 Å². The summed E-state index contributed by atoms with van der Waals surface area (Å²) in [4.78, 5) is 8.36. The molecule has 0 atom stereocenters. The zero-order chi connectivity index (χ0) is 12.5. The molecule has 17 heavy (non-hydrogen) atoms. The summed E-state index contributed by atoms with van der Waals surface area (Å²) in [7, 11) is 1.71. The number of methoxy groups -OCH3 is 1. The van der Waals surface area contributed by atoms with Crippen molar-refractivity contribution in [3.05, 3.63) is 11.2 Å². The third-order valence-corrected chi connectivity index (χ3v) is 2.42. The standard InChI is InChI=1S/C11H19ClN4O/c1-3-13-11-15-8-9(12)10(16-11)14-6-4-5-7-17-2/h8H,3-7H2,1-2H3,(H2,13,14,15,16). The van der Waals surface area contributed by atoms with Crippen LogP contribution in [-0.4, -0.2) is 36.8 Å². The van der Waals surface area contributed by atoms with Crippen molar-refractivity contribution in [3.63, 3.8) is 0 Å². The van der Waals surface area contributed by atoms with Crippen molar-refractivity contribution in [2.75, 3.05) is 37.4 Å². The second-order valence-electron chi connectivity index (χ2n) is 3.55. The maximum Gasteiger partial charge on any atom is 0.224 e. The van der Waals surface area contributed by atoms with Crippen LogP contribution in [0.2, 0.25) is 5.02 Å². The van der Waals surface area contributed by atoms with Gasteiger partial charge in [0.25, 0.3) is 0 Å². The molecule has 0 unspecified atom stereocenters. The van der Waals surface area contributed by atoms with Crippen LogP contribution < -0.4 is 10.6 Å². The predicted octanol–water partition coefficient (Wildman–Crippen LogP) is 2.40. The smallest absolute Gasteiger partial charge is 0.224 e. The van der Waals surface area contributed by atoms with Crippen LogP contribution in [0.15, 0.2) is 6.20 Å². The SMILES string of the molecule is CCNc1ncc(Cl)c(NCCCCOC)n1. The van der Waals surface area contributed by atoms with Crippen molar-refractivity contribution in [1.82, 2.24) is 9.97 Å². The summed E-state index contributed by atoms with van der Waals surface area (Å²) in [5.41, 5.74) is 0. The van der Waals surface area contributed by atoms with Crippen LogP contribution in [0, 0.1) is 0 Å². The Bertz CT molecular complexity index is 335. The molecule has 0 spiro atoms. The topological polar surface area (TPSA) is 59.1 Å². The molecule has 0 bridgehead atoms. The van der Waals surface area contributed by atoms with Gasteiger partial charge in [-0.3, -0.25) is 0 Å². The van der Waals surface area contributed by atoms with Crippen LogP contribution in [0.3, 0.4) is 0 Å². The Balaban J connectivity index is 2.42. The summed E-state index contributed by atoms with van der Waals surface area (Å²) < 4.78 is 4.98. The molecule has 0 saturated carbocycles. The highest BCUT2D eigenvalue weighted by atomic mass is 35.5. The molecular formula is C11H19ClN4O. The minimum absolute atomic E-state index is 0.540. The summed E-state index contributed by atoms with van der Waals surface area (Å²) in [6.45, 7) is 4.39. The molecule has 1 rings (SSSR count). The minimum Gasteiger partial charge on any atom is -0.385 e. The van der Waals surface area contributed by atoms with Crippen molar-refractivity contribution in [3.8, 4) is 0 Å². The molecule has 1 aromatic heterocycles. The fourth-order valence-corrected chi connectivity index (χ4v) is 1.47. The molecule has 0 fully saturated rings. The quantitative estimate of drug-likeness (QED) is 0.702. The first-order valence-electron chi connectivity index (χ1n) is 5.77. The van der Waals surface area contributed by atoms with Crippen LogP contribution >= 0.6 is 11.6 Å². The van der Waals surface area contributed by atoms with Gasteiger partial charge in [-0.1, -0.05) is 11.6 Å². The van der Waals surface area contributed by atoms with Crippen molar-refractivity contribution >= 4 is 23.4 Å². The molecule has 0 aliphatic carbocycles. The van der Waals surface area contributed by atoms with E-state index >= 15 is 0 Å². The average Bonchev–Trinajstić information content (AvgIpc) is 2.33. The Morgan fingerprint density at radius 3 is 2.88 bits per heavy atom. The number of hydrogen-bond acceptors (Lipinski definition) is 5. The van der Waals surface area contributed by atoms with Gasteiger partial charge in [0.1, 0.15) is 10.8 Å². The summed E-state index contributed by atoms with van der Waals surface area (Å²) in [6, 6.07) is 0. The first-order valence-corrected chi connectivity index (χ1v) is 6.15. The third kappa shape index (κ3) is 5.19. The largest absolute Gasteiger partial charge is 0.385 e. The van der Waals surface area contributed by atoms with E-state index in [1.165, 1.54) is 0 Å². The second-order valence-corrected chi connectivity index (χ2v) is 3.95. The number of rotatable bonds is 8. The number of halogens is 1. The highest BCUT2D eigenvalue weighted by molar-refractivity contribution is 6.32. The lowest BCUT2D eigenvalue weighted by Crippen LogP contribution is -2.08. The normalized spacial score (nSPS) is 10.3. The van der Waals surface area contributed by atoms with E-state index < -0.39 is 0 Å². The first-order chi connectivity index (χ1) is 8.27. The number of anilines is 2. The van der Waals surface area contributed by atoms with Crippen molar-refractivity contribution in [1.29, 1.82) is 0 Å². The van der Waals surface area contributed by atoms with E-state index in [0.29, 0.717) is 16.8 Å². The van der Waals surface area contributed by atoms with Crippen LogP contribution in [0.25, 0.3) is 0 Å². The van der Waals surface area contributed by atoms with Gasteiger partial charge in [-0.25, -0.2) is 4.98 Å². The number of aromatic nitrogens is 2. The fraction of sp³-hybridized carbons (Fsp3) is 0.636. The molecule has 6 heteroatoms. The number of nitrogens with one attached hydrogen (secondary N) is 2. The number of unbranched alkanes of at least 4 members (excludes halogenated alkanes) is 1. The monoisotopic (exact) mass is 258 g/mol. The van der Waals surface area contributed by atoms with E-state index in [9.17, 15) is 0 Å². The lowest BCUT2D eigenvalue weighted by molar-refractivity contribution is 0.194. The lowest BCUT2D eigenvalue weighted by Gasteiger charge is -2.09. The molecule has 96 valence electrons. The zero-order valence-corrected chi connectivity index (χ0v) is 11.0. The zero-order valence-electron chi connectivity index (χ0n) is 10.3. The van der Waals surface area contributed by atoms with E-state index in [1.54, 1.807) is 13.3 Å². The van der Waals surface area contributed by atoms with Crippen molar-refractivity contribution in [2.24, 2.45) is 0 Å². The summed E-state index contributed by atoms with van der Waals surface area (Å²) in [5.74, 6) is 1.27. The molecule has 0 aromatic carbocycles. The highest BCUT2D eigenvalue weighted by Gasteiger charge is 2.03. The molecule has 5 nitrogen and oxygen atoms in total. The summed E-state index contributed by atoms with van der Waals surface area (Å²) in [6.07, 6.45) is 3.64. The van der Waals surface area contributed by atoms with E-state index in [-0.39, 0.29) is 0 Å². The van der Waals surface area contributed by atoms with Crippen LogP contribution in [0.4, 0.5) is 11.8 Å². The van der Waals surface area contributed by atoms with Gasteiger partial charge in [-0.15, -0.1) is 0 Å². The van der Waals surface area contributed by atoms with Gasteiger partial charge < -0.3 is 15.4 Å². The van der Waals surface area contributed by atoms with Gasteiger partial charge in [0, 0.05) is 26.8 Å². The Labute approximate surface area is 107 Å². The van der Waals surface area contributed by atoms with Gasteiger partial charge in [0.05, 0.1) is 6.20 Å². The molecule has 0 aliphatic rings. The van der Waals surface area contributed by atoms with Crippen molar-refractivity contribution in [2.45, 2.75) is 19.8 Å². The molecular weight excluding hydrogens is 240 g/mol. The minimum atomic E-state index is 0.540. The van der Waals surface area contributed by atoms with E-state index in [2.05, 4.69) is 20.6 Å². The Hall–Kier alpha value is -1.07. The maximum atomic E-state index is 6.00. The molecule has 2 N–H and O–H groups in total. The highest BCUT2D eigenvalue weighted by Crippen LogP contribution is 2.19. The van der Waals surface area contributed by atoms with E-state index in [1.807, 2.05) is 6.92 Å². The molecule has 1 aromatic rings. The first kappa shape index (κ1) is 14.0. The molecule has 0 aliphatic heterocycles. The molecule has 0 radical (unpaired) electrons. The van der Waals surface area contributed by atoms with Crippen LogP contribution in [-0.2, 0) is 4.74 Å². The Morgan fingerprint density at radius 2 is 2.18 bits per heavy atom. The number of nitrogens with zero attached hydrogens (tertiary/aromatic N) is 2. The maximum absolute atomic E-state index is 6.00.